The molecular formula is C13H11ClN2O3. The second-order valence-electron chi connectivity index (χ2n) is 3.87. The molecule has 0 spiro atoms. The summed E-state index contributed by atoms with van der Waals surface area (Å²) < 4.78 is 5.44. The van der Waals surface area contributed by atoms with E-state index in [0.29, 0.717) is 0 Å². The summed E-state index contributed by atoms with van der Waals surface area (Å²) in [6, 6.07) is 12.0. The fraction of sp³-hybridized carbons (Fsp3) is 0.0769. The van der Waals surface area contributed by atoms with Crippen molar-refractivity contribution in [2.24, 2.45) is 0 Å². The number of hydrogen-bond acceptors (Lipinski definition) is 4. The first-order valence-corrected chi connectivity index (χ1v) is 5.86. The number of nitrogens with two attached hydrogens (primary N) is 1. The molecule has 0 unspecified atom stereocenters. The summed E-state index contributed by atoms with van der Waals surface area (Å²) in [5, 5.41) is 11.2. The van der Waals surface area contributed by atoms with E-state index in [1.165, 1.54) is 12.1 Å². The van der Waals surface area contributed by atoms with Gasteiger partial charge in [-0.15, -0.1) is 0 Å². The van der Waals surface area contributed by atoms with Gasteiger partial charge in [0, 0.05) is 11.1 Å². The van der Waals surface area contributed by atoms with Crippen molar-refractivity contribution in [3.8, 4) is 5.75 Å². The Morgan fingerprint density at radius 1 is 1.26 bits per heavy atom. The lowest BCUT2D eigenvalue weighted by Gasteiger charge is -2.09. The zero-order valence-corrected chi connectivity index (χ0v) is 10.6. The summed E-state index contributed by atoms with van der Waals surface area (Å²) >= 11 is 5.74. The van der Waals surface area contributed by atoms with Crippen molar-refractivity contribution >= 4 is 23.0 Å². The van der Waals surface area contributed by atoms with Crippen molar-refractivity contribution in [3.05, 3.63) is 63.2 Å². The molecule has 0 heterocycles. The monoisotopic (exact) mass is 278 g/mol. The van der Waals surface area contributed by atoms with Gasteiger partial charge in [-0.3, -0.25) is 10.1 Å². The van der Waals surface area contributed by atoms with E-state index >= 15 is 0 Å². The summed E-state index contributed by atoms with van der Waals surface area (Å²) in [6.07, 6.45) is 0. The Hall–Kier alpha value is -2.27. The summed E-state index contributed by atoms with van der Waals surface area (Å²) in [4.78, 5) is 10.4. The number of anilines is 1. The van der Waals surface area contributed by atoms with Crippen LogP contribution in [0.1, 0.15) is 5.56 Å². The first-order chi connectivity index (χ1) is 9.08. The van der Waals surface area contributed by atoms with E-state index in [0.717, 1.165) is 5.56 Å². The van der Waals surface area contributed by atoms with Gasteiger partial charge in [0.15, 0.2) is 0 Å². The molecule has 0 aromatic heterocycles. The van der Waals surface area contributed by atoms with Crippen LogP contribution < -0.4 is 10.5 Å². The molecule has 0 atom stereocenters. The third kappa shape index (κ3) is 3.14. The maximum atomic E-state index is 10.9. The van der Waals surface area contributed by atoms with Crippen LogP contribution in [0.3, 0.4) is 0 Å². The van der Waals surface area contributed by atoms with E-state index in [9.17, 15) is 10.1 Å². The van der Waals surface area contributed by atoms with Gasteiger partial charge in [-0.2, -0.15) is 0 Å². The number of hydrogen-bond donors (Lipinski definition) is 1. The lowest BCUT2D eigenvalue weighted by molar-refractivity contribution is -0.385. The van der Waals surface area contributed by atoms with E-state index < -0.39 is 4.92 Å². The highest BCUT2D eigenvalue weighted by Crippen LogP contribution is 2.36. The first-order valence-electron chi connectivity index (χ1n) is 5.48. The number of ether oxygens (including phenoxy) is 1. The minimum Gasteiger partial charge on any atom is -0.481 e. The Labute approximate surface area is 114 Å². The number of nitro groups is 1. The maximum absolute atomic E-state index is 10.9. The molecule has 98 valence electrons. The second-order valence-corrected chi connectivity index (χ2v) is 4.31. The van der Waals surface area contributed by atoms with Crippen LogP contribution in [0.4, 0.5) is 11.4 Å². The number of nitrogen functional groups attached to an aromatic ring is 1. The Morgan fingerprint density at radius 3 is 2.58 bits per heavy atom. The Balaban J connectivity index is 2.27. The highest BCUT2D eigenvalue weighted by Gasteiger charge is 2.19. The van der Waals surface area contributed by atoms with Crippen LogP contribution in [0.2, 0.25) is 5.02 Å². The average molecular weight is 279 g/mol. The molecule has 0 aliphatic heterocycles. The molecule has 19 heavy (non-hydrogen) atoms. The van der Waals surface area contributed by atoms with Crippen molar-refractivity contribution in [2.75, 3.05) is 5.73 Å². The topological polar surface area (TPSA) is 78.4 Å². The van der Waals surface area contributed by atoms with Crippen molar-refractivity contribution in [1.29, 1.82) is 0 Å². The standard InChI is InChI=1S/C13H11ClN2O3/c14-10-6-11(15)13(12(7-10)16(17)18)19-8-9-4-2-1-3-5-9/h1-7H,8,15H2. The van der Waals surface area contributed by atoms with Crippen molar-refractivity contribution in [2.45, 2.75) is 6.61 Å². The fourth-order valence-electron chi connectivity index (χ4n) is 1.62. The molecule has 0 aliphatic carbocycles. The minimum atomic E-state index is -0.567. The van der Waals surface area contributed by atoms with Crippen LogP contribution in [-0.4, -0.2) is 4.92 Å². The van der Waals surface area contributed by atoms with Gasteiger partial charge in [-0.05, 0) is 11.6 Å². The summed E-state index contributed by atoms with van der Waals surface area (Å²) in [6.45, 7) is 0.202. The van der Waals surface area contributed by atoms with Gasteiger partial charge in [0.25, 0.3) is 0 Å². The van der Waals surface area contributed by atoms with Crippen LogP contribution in [-0.2, 0) is 6.61 Å². The Kier molecular flexibility index (Phi) is 3.87. The van der Waals surface area contributed by atoms with Gasteiger partial charge in [-0.25, -0.2) is 0 Å². The van der Waals surface area contributed by atoms with Gasteiger partial charge in [0.05, 0.1) is 10.6 Å². The molecule has 2 rings (SSSR count). The van der Waals surface area contributed by atoms with Crippen LogP contribution in [0.5, 0.6) is 5.75 Å². The van der Waals surface area contributed by atoms with Crippen molar-refractivity contribution < 1.29 is 9.66 Å². The van der Waals surface area contributed by atoms with Crippen molar-refractivity contribution in [1.82, 2.24) is 0 Å². The van der Waals surface area contributed by atoms with Crippen LogP contribution in [0.25, 0.3) is 0 Å². The van der Waals surface area contributed by atoms with Crippen LogP contribution >= 0.6 is 11.6 Å². The summed E-state index contributed by atoms with van der Waals surface area (Å²) in [5.74, 6) is 0.0400. The van der Waals surface area contributed by atoms with E-state index in [1.807, 2.05) is 30.3 Å². The molecule has 6 heteroatoms. The molecule has 0 aliphatic rings. The Morgan fingerprint density at radius 2 is 1.95 bits per heavy atom. The molecule has 0 fully saturated rings. The zero-order valence-electron chi connectivity index (χ0n) is 9.88. The quantitative estimate of drug-likeness (QED) is 0.528. The van der Waals surface area contributed by atoms with Crippen LogP contribution in [0, 0.1) is 10.1 Å². The van der Waals surface area contributed by atoms with Gasteiger partial charge in [0.1, 0.15) is 6.61 Å². The van der Waals surface area contributed by atoms with Gasteiger partial charge < -0.3 is 10.5 Å². The molecule has 0 radical (unpaired) electrons. The highest BCUT2D eigenvalue weighted by atomic mass is 35.5. The SMILES string of the molecule is Nc1cc(Cl)cc([N+](=O)[O-])c1OCc1ccccc1. The molecule has 0 saturated heterocycles. The third-order valence-corrected chi connectivity index (χ3v) is 2.70. The number of halogens is 1. The van der Waals surface area contributed by atoms with Crippen LogP contribution in [0.15, 0.2) is 42.5 Å². The normalized spacial score (nSPS) is 10.2. The first kappa shape index (κ1) is 13.2. The fourth-order valence-corrected chi connectivity index (χ4v) is 1.84. The molecule has 2 aromatic rings. The number of benzene rings is 2. The maximum Gasteiger partial charge on any atom is 0.314 e. The minimum absolute atomic E-state index is 0.0400. The molecule has 0 bridgehead atoms. The molecule has 0 amide bonds. The van der Waals surface area contributed by atoms with E-state index in [-0.39, 0.29) is 28.8 Å². The van der Waals surface area contributed by atoms with E-state index in [1.54, 1.807) is 0 Å². The van der Waals surface area contributed by atoms with E-state index in [4.69, 9.17) is 22.1 Å². The smallest absolute Gasteiger partial charge is 0.314 e. The zero-order chi connectivity index (χ0) is 13.8. The second kappa shape index (κ2) is 5.58. The van der Waals surface area contributed by atoms with Gasteiger partial charge in [-0.1, -0.05) is 41.9 Å². The predicted molar refractivity (Wildman–Crippen MR) is 73.3 cm³/mol. The number of rotatable bonds is 4. The van der Waals surface area contributed by atoms with Gasteiger partial charge >= 0.3 is 5.69 Å². The third-order valence-electron chi connectivity index (χ3n) is 2.49. The highest BCUT2D eigenvalue weighted by molar-refractivity contribution is 6.31. The molecule has 2 N–H and O–H groups in total. The summed E-state index contributed by atoms with van der Waals surface area (Å²) in [7, 11) is 0. The largest absolute Gasteiger partial charge is 0.481 e. The lowest BCUT2D eigenvalue weighted by Crippen LogP contribution is -2.02. The Bertz CT molecular complexity index is 602. The summed E-state index contributed by atoms with van der Waals surface area (Å²) in [5.41, 5.74) is 6.52. The molecule has 0 saturated carbocycles. The van der Waals surface area contributed by atoms with Gasteiger partial charge in [0.2, 0.25) is 5.75 Å². The number of nitro benzene ring substituents is 1. The molecule has 5 nitrogen and oxygen atoms in total. The molecular weight excluding hydrogens is 268 g/mol. The van der Waals surface area contributed by atoms with Crippen molar-refractivity contribution in [3.63, 3.8) is 0 Å². The number of nitrogens with zero attached hydrogens (tertiary/aromatic N) is 1. The molecule has 2 aromatic carbocycles. The predicted octanol–water partition coefficient (Wildman–Crippen LogP) is 3.41. The average Bonchev–Trinajstić information content (AvgIpc) is 2.38. The lowest BCUT2D eigenvalue weighted by atomic mass is 10.2. The van der Waals surface area contributed by atoms with E-state index in [2.05, 4.69) is 0 Å².